The van der Waals surface area contributed by atoms with Gasteiger partial charge in [0, 0.05) is 10.1 Å². The van der Waals surface area contributed by atoms with Gasteiger partial charge in [-0.3, -0.25) is 4.79 Å². The third-order valence-electron chi connectivity index (χ3n) is 3.20. The van der Waals surface area contributed by atoms with Crippen molar-refractivity contribution in [2.24, 2.45) is 0 Å². The number of aromatic nitrogens is 1. The molecular weight excluding hydrogens is 264 g/mol. The Morgan fingerprint density at radius 2 is 2.17 bits per heavy atom. The van der Waals surface area contributed by atoms with Crippen LogP contribution in [0.25, 0.3) is 0 Å². The molecule has 1 saturated carbocycles. The van der Waals surface area contributed by atoms with Crippen LogP contribution in [0.4, 0.5) is 0 Å². The maximum atomic E-state index is 11.7. The SMILES string of the molecule is Cc1nc(C)c(CNC(=O)CSC2CCCC2)s1. The van der Waals surface area contributed by atoms with Crippen molar-refractivity contribution in [2.45, 2.75) is 51.3 Å². The molecule has 1 amide bonds. The van der Waals surface area contributed by atoms with Crippen LogP contribution in [0.5, 0.6) is 0 Å². The minimum atomic E-state index is 0.150. The summed E-state index contributed by atoms with van der Waals surface area (Å²) in [5.74, 6) is 0.749. The number of carbonyl (C=O) groups is 1. The van der Waals surface area contributed by atoms with E-state index < -0.39 is 0 Å². The van der Waals surface area contributed by atoms with Crippen molar-refractivity contribution in [1.29, 1.82) is 0 Å². The van der Waals surface area contributed by atoms with Crippen LogP contribution in [0.3, 0.4) is 0 Å². The second-order valence-electron chi connectivity index (χ2n) is 4.74. The zero-order valence-electron chi connectivity index (χ0n) is 11.0. The van der Waals surface area contributed by atoms with E-state index in [1.807, 2.05) is 25.6 Å². The summed E-state index contributed by atoms with van der Waals surface area (Å²) in [4.78, 5) is 17.3. The molecule has 0 radical (unpaired) electrons. The fourth-order valence-corrected chi connectivity index (χ4v) is 4.25. The molecule has 1 aromatic heterocycles. The number of hydrogen-bond donors (Lipinski definition) is 1. The molecular formula is C13H20N2OS2. The minimum Gasteiger partial charge on any atom is -0.350 e. The standard InChI is InChI=1S/C13H20N2OS2/c1-9-12(18-10(2)15-9)7-14-13(16)8-17-11-5-3-4-6-11/h11H,3-8H2,1-2H3,(H,14,16). The lowest BCUT2D eigenvalue weighted by molar-refractivity contribution is -0.118. The number of thioether (sulfide) groups is 1. The molecule has 0 bridgehead atoms. The molecule has 18 heavy (non-hydrogen) atoms. The first-order valence-electron chi connectivity index (χ1n) is 6.46. The summed E-state index contributed by atoms with van der Waals surface area (Å²) in [6.45, 7) is 4.62. The quantitative estimate of drug-likeness (QED) is 0.903. The Labute approximate surface area is 117 Å². The van der Waals surface area contributed by atoms with E-state index in [0.29, 0.717) is 17.5 Å². The van der Waals surface area contributed by atoms with Gasteiger partial charge in [0.2, 0.25) is 5.91 Å². The Hall–Kier alpha value is -0.550. The smallest absolute Gasteiger partial charge is 0.230 e. The van der Waals surface area contributed by atoms with Gasteiger partial charge in [0.1, 0.15) is 0 Å². The molecule has 1 aliphatic carbocycles. The van der Waals surface area contributed by atoms with Crippen molar-refractivity contribution in [1.82, 2.24) is 10.3 Å². The fourth-order valence-electron chi connectivity index (χ4n) is 2.22. The second kappa shape index (κ2) is 6.57. The maximum absolute atomic E-state index is 11.7. The van der Waals surface area contributed by atoms with Crippen LogP contribution in [0, 0.1) is 13.8 Å². The number of aryl methyl sites for hydroxylation is 2. The van der Waals surface area contributed by atoms with Crippen LogP contribution in [-0.4, -0.2) is 21.9 Å². The summed E-state index contributed by atoms with van der Waals surface area (Å²) in [6, 6.07) is 0. The van der Waals surface area contributed by atoms with Crippen LogP contribution < -0.4 is 5.32 Å². The molecule has 1 N–H and O–H groups in total. The Bertz CT molecular complexity index is 411. The number of rotatable bonds is 5. The monoisotopic (exact) mass is 284 g/mol. The van der Waals surface area contributed by atoms with E-state index in [-0.39, 0.29) is 5.91 Å². The summed E-state index contributed by atoms with van der Waals surface area (Å²) in [7, 11) is 0. The summed E-state index contributed by atoms with van der Waals surface area (Å²) in [5.41, 5.74) is 1.04. The second-order valence-corrected chi connectivity index (χ2v) is 7.31. The summed E-state index contributed by atoms with van der Waals surface area (Å²) < 4.78 is 0. The van der Waals surface area contributed by atoms with Crippen LogP contribution in [0.1, 0.15) is 41.3 Å². The molecule has 2 rings (SSSR count). The first-order valence-corrected chi connectivity index (χ1v) is 8.33. The average Bonchev–Trinajstić information content (AvgIpc) is 2.94. The summed E-state index contributed by atoms with van der Waals surface area (Å²) in [6.07, 6.45) is 5.23. The molecule has 5 heteroatoms. The zero-order valence-corrected chi connectivity index (χ0v) is 12.6. The normalized spacial score (nSPS) is 16.1. The number of carbonyl (C=O) groups excluding carboxylic acids is 1. The van der Waals surface area contributed by atoms with Crippen LogP contribution in [0.15, 0.2) is 0 Å². The Morgan fingerprint density at radius 3 is 2.78 bits per heavy atom. The predicted octanol–water partition coefficient (Wildman–Crippen LogP) is 3.05. The van der Waals surface area contributed by atoms with E-state index in [1.54, 1.807) is 11.3 Å². The first kappa shape index (κ1) is 13.9. The molecule has 1 aliphatic rings. The van der Waals surface area contributed by atoms with E-state index in [9.17, 15) is 4.79 Å². The lowest BCUT2D eigenvalue weighted by atomic mass is 10.4. The third-order valence-corrected chi connectivity index (χ3v) is 5.64. The molecule has 1 fully saturated rings. The van der Waals surface area contributed by atoms with E-state index >= 15 is 0 Å². The molecule has 1 aromatic rings. The van der Waals surface area contributed by atoms with Crippen LogP contribution in [-0.2, 0) is 11.3 Å². The van der Waals surface area contributed by atoms with Crippen molar-refractivity contribution in [3.63, 3.8) is 0 Å². The number of hydrogen-bond acceptors (Lipinski definition) is 4. The van der Waals surface area contributed by atoms with E-state index in [0.717, 1.165) is 10.7 Å². The number of thiazole rings is 1. The summed E-state index contributed by atoms with van der Waals surface area (Å²) in [5, 5.41) is 4.77. The van der Waals surface area contributed by atoms with E-state index in [4.69, 9.17) is 0 Å². The Morgan fingerprint density at radius 1 is 1.44 bits per heavy atom. The lowest BCUT2D eigenvalue weighted by Gasteiger charge is -2.08. The molecule has 0 unspecified atom stereocenters. The van der Waals surface area contributed by atoms with E-state index in [1.165, 1.54) is 30.6 Å². The van der Waals surface area contributed by atoms with Crippen LogP contribution in [0.2, 0.25) is 0 Å². The molecule has 100 valence electrons. The summed E-state index contributed by atoms with van der Waals surface area (Å²) >= 11 is 3.48. The molecule has 1 heterocycles. The van der Waals surface area contributed by atoms with Crippen molar-refractivity contribution < 1.29 is 4.79 Å². The molecule has 0 atom stereocenters. The zero-order chi connectivity index (χ0) is 13.0. The Kier molecular flexibility index (Phi) is 5.06. The van der Waals surface area contributed by atoms with Gasteiger partial charge in [0.15, 0.2) is 0 Å². The highest BCUT2D eigenvalue weighted by molar-refractivity contribution is 8.00. The fraction of sp³-hybridized carbons (Fsp3) is 0.692. The third kappa shape index (κ3) is 3.99. The molecule has 0 aromatic carbocycles. The number of amides is 1. The first-order chi connectivity index (χ1) is 8.65. The van der Waals surface area contributed by atoms with E-state index in [2.05, 4.69) is 10.3 Å². The minimum absolute atomic E-state index is 0.150. The van der Waals surface area contributed by atoms with Crippen molar-refractivity contribution in [3.8, 4) is 0 Å². The predicted molar refractivity (Wildman–Crippen MR) is 78.1 cm³/mol. The highest BCUT2D eigenvalue weighted by atomic mass is 32.2. The number of nitrogens with one attached hydrogen (secondary N) is 1. The lowest BCUT2D eigenvalue weighted by Crippen LogP contribution is -2.25. The average molecular weight is 284 g/mol. The van der Waals surface area contributed by atoms with Crippen LogP contribution >= 0.6 is 23.1 Å². The van der Waals surface area contributed by atoms with Gasteiger partial charge in [-0.15, -0.1) is 23.1 Å². The van der Waals surface area contributed by atoms with Crippen molar-refractivity contribution in [3.05, 3.63) is 15.6 Å². The molecule has 3 nitrogen and oxygen atoms in total. The topological polar surface area (TPSA) is 42.0 Å². The van der Waals surface area contributed by atoms with Gasteiger partial charge in [0.25, 0.3) is 0 Å². The molecule has 0 aliphatic heterocycles. The maximum Gasteiger partial charge on any atom is 0.230 e. The van der Waals surface area contributed by atoms with Gasteiger partial charge in [0.05, 0.1) is 23.0 Å². The highest BCUT2D eigenvalue weighted by Crippen LogP contribution is 2.29. The Balaban J connectivity index is 1.69. The van der Waals surface area contributed by atoms with Gasteiger partial charge in [-0.1, -0.05) is 12.8 Å². The van der Waals surface area contributed by atoms with Crippen molar-refractivity contribution in [2.75, 3.05) is 5.75 Å². The molecule has 0 saturated heterocycles. The number of nitrogens with zero attached hydrogens (tertiary/aromatic N) is 1. The van der Waals surface area contributed by atoms with Crippen molar-refractivity contribution >= 4 is 29.0 Å². The van der Waals surface area contributed by atoms with Gasteiger partial charge < -0.3 is 5.32 Å². The van der Waals surface area contributed by atoms with Gasteiger partial charge in [-0.2, -0.15) is 0 Å². The molecule has 0 spiro atoms. The van der Waals surface area contributed by atoms with Gasteiger partial charge >= 0.3 is 0 Å². The highest BCUT2D eigenvalue weighted by Gasteiger charge is 2.16. The van der Waals surface area contributed by atoms with Gasteiger partial charge in [-0.05, 0) is 26.7 Å². The largest absolute Gasteiger partial charge is 0.350 e. The van der Waals surface area contributed by atoms with Gasteiger partial charge in [-0.25, -0.2) is 4.98 Å².